The Kier molecular flexibility index (Phi) is 3.21. The zero-order chi connectivity index (χ0) is 11.5. The molecule has 6 heteroatoms. The highest BCUT2D eigenvalue weighted by molar-refractivity contribution is 5.83. The van der Waals surface area contributed by atoms with E-state index in [4.69, 9.17) is 15.0 Å². The van der Waals surface area contributed by atoms with Gasteiger partial charge in [0.1, 0.15) is 5.76 Å². The quantitative estimate of drug-likeness (QED) is 0.303. The van der Waals surface area contributed by atoms with Gasteiger partial charge in [-0.2, -0.15) is 0 Å². The monoisotopic (exact) mass is 211 g/mol. The van der Waals surface area contributed by atoms with Crippen LogP contribution in [0.5, 0.6) is 0 Å². The second-order valence-corrected chi connectivity index (χ2v) is 4.25. The molecule has 1 rings (SSSR count). The number of rotatable bonds is 2. The molecule has 1 atom stereocenters. The van der Waals surface area contributed by atoms with Gasteiger partial charge in [0.2, 0.25) is 6.29 Å². The Balaban J connectivity index is 2.76. The van der Waals surface area contributed by atoms with Crippen molar-refractivity contribution < 1.29 is 14.3 Å². The average Bonchev–Trinajstić information content (AvgIpc) is 2.12. The van der Waals surface area contributed by atoms with E-state index in [1.54, 1.807) is 0 Å². The summed E-state index contributed by atoms with van der Waals surface area (Å²) in [6.45, 7) is 5.70. The predicted molar refractivity (Wildman–Crippen MR) is 52.5 cm³/mol. The van der Waals surface area contributed by atoms with Crippen LogP contribution < -0.4 is 0 Å². The first-order chi connectivity index (χ1) is 6.93. The van der Waals surface area contributed by atoms with Gasteiger partial charge in [0.15, 0.2) is 0 Å². The Bertz CT molecular complexity index is 337. The smallest absolute Gasteiger partial charge is 0.337 e. The Morgan fingerprint density at radius 2 is 2.20 bits per heavy atom. The van der Waals surface area contributed by atoms with Crippen LogP contribution in [0.4, 0.5) is 0 Å². The van der Waals surface area contributed by atoms with Crippen molar-refractivity contribution in [2.75, 3.05) is 6.54 Å². The molecule has 6 nitrogen and oxygen atoms in total. The van der Waals surface area contributed by atoms with E-state index in [1.165, 1.54) is 6.08 Å². The molecule has 1 aliphatic rings. The lowest BCUT2D eigenvalue weighted by Gasteiger charge is -2.32. The lowest BCUT2D eigenvalue weighted by atomic mass is 9.95. The van der Waals surface area contributed by atoms with Crippen LogP contribution in [0.15, 0.2) is 16.9 Å². The van der Waals surface area contributed by atoms with E-state index in [-0.39, 0.29) is 12.0 Å². The number of ether oxygens (including phenoxy) is 2. The van der Waals surface area contributed by atoms with E-state index in [0.717, 1.165) is 0 Å². The number of azide groups is 1. The fourth-order valence-corrected chi connectivity index (χ4v) is 1.00. The predicted octanol–water partition coefficient (Wildman–Crippen LogP) is 2.13. The van der Waals surface area contributed by atoms with Crippen molar-refractivity contribution in [1.82, 2.24) is 0 Å². The van der Waals surface area contributed by atoms with Crippen LogP contribution in [-0.2, 0) is 14.3 Å². The molecule has 1 heterocycles. The Labute approximate surface area is 87.5 Å². The van der Waals surface area contributed by atoms with Crippen molar-refractivity contribution in [3.8, 4) is 0 Å². The number of cyclic esters (lactones) is 1. The average molecular weight is 211 g/mol. The third-order valence-electron chi connectivity index (χ3n) is 1.76. The molecule has 0 radical (unpaired) electrons. The van der Waals surface area contributed by atoms with Crippen LogP contribution in [0, 0.1) is 5.41 Å². The summed E-state index contributed by atoms with van der Waals surface area (Å²) in [6, 6.07) is 0. The Hall–Kier alpha value is -1.68. The summed E-state index contributed by atoms with van der Waals surface area (Å²) < 4.78 is 10.4. The van der Waals surface area contributed by atoms with Crippen molar-refractivity contribution in [2.45, 2.75) is 27.1 Å². The largest absolute Gasteiger partial charge is 0.458 e. The first kappa shape index (κ1) is 11.4. The van der Waals surface area contributed by atoms with Gasteiger partial charge in [-0.3, -0.25) is 0 Å². The molecular weight excluding hydrogens is 198 g/mol. The van der Waals surface area contributed by atoms with E-state index in [0.29, 0.717) is 5.76 Å². The number of carbonyl (C=O) groups is 1. The van der Waals surface area contributed by atoms with Gasteiger partial charge in [-0.1, -0.05) is 25.9 Å². The van der Waals surface area contributed by atoms with Crippen LogP contribution in [-0.4, -0.2) is 18.8 Å². The second-order valence-electron chi connectivity index (χ2n) is 4.25. The van der Waals surface area contributed by atoms with Gasteiger partial charge in [-0.25, -0.2) is 4.79 Å². The van der Waals surface area contributed by atoms with Gasteiger partial charge in [0.05, 0.1) is 12.6 Å². The van der Waals surface area contributed by atoms with Crippen LogP contribution in [0.1, 0.15) is 20.8 Å². The Morgan fingerprint density at radius 1 is 1.53 bits per heavy atom. The number of carbonyl (C=O) groups excluding carboxylic acids is 1. The molecule has 0 aliphatic carbocycles. The molecule has 0 saturated heterocycles. The first-order valence-electron chi connectivity index (χ1n) is 4.52. The third kappa shape index (κ3) is 3.18. The van der Waals surface area contributed by atoms with Gasteiger partial charge < -0.3 is 9.47 Å². The Morgan fingerprint density at radius 3 is 2.73 bits per heavy atom. The topological polar surface area (TPSA) is 84.3 Å². The number of esters is 1. The summed E-state index contributed by atoms with van der Waals surface area (Å²) >= 11 is 0. The normalized spacial score (nSPS) is 20.9. The molecule has 0 saturated carbocycles. The summed E-state index contributed by atoms with van der Waals surface area (Å²) in [6.07, 6.45) is 0.551. The molecule has 1 aliphatic heterocycles. The van der Waals surface area contributed by atoms with Gasteiger partial charge in [0, 0.05) is 10.3 Å². The number of nitrogens with zero attached hydrogens (tertiary/aromatic N) is 3. The highest BCUT2D eigenvalue weighted by Crippen LogP contribution is 2.28. The minimum absolute atomic E-state index is 0.0260. The van der Waals surface area contributed by atoms with Crippen molar-refractivity contribution >= 4 is 5.97 Å². The molecule has 0 N–H and O–H groups in total. The van der Waals surface area contributed by atoms with Gasteiger partial charge in [-0.15, -0.1) is 0 Å². The maximum atomic E-state index is 11.2. The minimum Gasteiger partial charge on any atom is -0.458 e. The van der Waals surface area contributed by atoms with Crippen molar-refractivity contribution in [2.24, 2.45) is 10.5 Å². The molecule has 15 heavy (non-hydrogen) atoms. The lowest BCUT2D eigenvalue weighted by Crippen LogP contribution is -2.36. The third-order valence-corrected chi connectivity index (χ3v) is 1.76. The van der Waals surface area contributed by atoms with Crippen LogP contribution >= 0.6 is 0 Å². The lowest BCUT2D eigenvalue weighted by molar-refractivity contribution is -0.194. The van der Waals surface area contributed by atoms with E-state index in [1.807, 2.05) is 20.8 Å². The maximum absolute atomic E-state index is 11.2. The summed E-state index contributed by atoms with van der Waals surface area (Å²) in [5.74, 6) is -0.131. The summed E-state index contributed by atoms with van der Waals surface area (Å²) in [5.41, 5.74) is 7.83. The van der Waals surface area contributed by atoms with Crippen molar-refractivity contribution in [1.29, 1.82) is 0 Å². The summed E-state index contributed by atoms with van der Waals surface area (Å²) in [4.78, 5) is 13.8. The molecule has 0 spiro atoms. The maximum Gasteiger partial charge on any atom is 0.337 e. The van der Waals surface area contributed by atoms with E-state index >= 15 is 0 Å². The van der Waals surface area contributed by atoms with Crippen LogP contribution in [0.3, 0.4) is 0 Å². The zero-order valence-corrected chi connectivity index (χ0v) is 8.93. The fourth-order valence-electron chi connectivity index (χ4n) is 1.00. The van der Waals surface area contributed by atoms with E-state index in [9.17, 15) is 4.79 Å². The highest BCUT2D eigenvalue weighted by Gasteiger charge is 2.33. The van der Waals surface area contributed by atoms with Gasteiger partial charge >= 0.3 is 5.97 Å². The number of hydrogen-bond donors (Lipinski definition) is 0. The van der Waals surface area contributed by atoms with E-state index in [2.05, 4.69) is 10.0 Å². The molecule has 1 unspecified atom stereocenters. The molecular formula is C9H13N3O3. The highest BCUT2D eigenvalue weighted by atomic mass is 16.7. The van der Waals surface area contributed by atoms with Crippen LogP contribution in [0.25, 0.3) is 10.4 Å². The van der Waals surface area contributed by atoms with Crippen molar-refractivity contribution in [3.63, 3.8) is 0 Å². The minimum atomic E-state index is -0.640. The number of hydrogen-bond acceptors (Lipinski definition) is 4. The zero-order valence-electron chi connectivity index (χ0n) is 8.93. The van der Waals surface area contributed by atoms with Crippen LogP contribution in [0.2, 0.25) is 0 Å². The van der Waals surface area contributed by atoms with Gasteiger partial charge in [0.25, 0.3) is 0 Å². The summed E-state index contributed by atoms with van der Waals surface area (Å²) in [5, 5.41) is 3.33. The SMILES string of the molecule is CC(C)(C)C1OC(=O)C=C(CN=[N+]=[N-])O1. The summed E-state index contributed by atoms with van der Waals surface area (Å²) in [7, 11) is 0. The molecule has 0 bridgehead atoms. The standard InChI is InChI=1S/C9H13N3O3/c1-9(2,3)8-14-6(5-11-12-10)4-7(13)15-8/h4,8H,5H2,1-3H3. The molecule has 0 fully saturated rings. The van der Waals surface area contributed by atoms with Gasteiger partial charge in [-0.05, 0) is 5.53 Å². The fraction of sp³-hybridized carbons (Fsp3) is 0.667. The molecule has 82 valence electrons. The van der Waals surface area contributed by atoms with Crippen molar-refractivity contribution in [3.05, 3.63) is 22.3 Å². The molecule has 0 aromatic rings. The molecule has 0 amide bonds. The first-order valence-corrected chi connectivity index (χ1v) is 4.52. The molecule has 0 aromatic carbocycles. The second kappa shape index (κ2) is 4.23. The molecule has 0 aromatic heterocycles. The van der Waals surface area contributed by atoms with E-state index < -0.39 is 12.3 Å².